The van der Waals surface area contributed by atoms with E-state index in [1.807, 2.05) is 20.8 Å². The van der Waals surface area contributed by atoms with Gasteiger partial charge in [-0.3, -0.25) is 14.3 Å². The number of nitrogens with zero attached hydrogens (tertiary/aromatic N) is 3. The predicted octanol–water partition coefficient (Wildman–Crippen LogP) is 3.26. The molecule has 3 aromatic rings. The second-order valence-corrected chi connectivity index (χ2v) is 9.41. The first kappa shape index (κ1) is 23.7. The van der Waals surface area contributed by atoms with Gasteiger partial charge in [0.1, 0.15) is 11.5 Å². The summed E-state index contributed by atoms with van der Waals surface area (Å²) in [5.41, 5.74) is 0.584. The minimum atomic E-state index is -0.890. The maximum Gasteiger partial charge on any atom is 0.267 e. The molecule has 0 spiro atoms. The van der Waals surface area contributed by atoms with Crippen LogP contribution in [0.2, 0.25) is 5.02 Å². The summed E-state index contributed by atoms with van der Waals surface area (Å²) in [5, 5.41) is 14.8. The zero-order chi connectivity index (χ0) is 24.5. The Labute approximate surface area is 200 Å². The molecule has 3 N–H and O–H groups in total. The minimum Gasteiger partial charge on any atom is -0.382 e. The second-order valence-electron chi connectivity index (χ2n) is 9.00. The Hall–Kier alpha value is -3.40. The molecule has 0 saturated carbocycles. The van der Waals surface area contributed by atoms with Gasteiger partial charge in [0.05, 0.1) is 28.3 Å². The number of carbonyl (C=O) groups excluding carboxylic acids is 2. The number of fused-ring (bicyclic) bond motifs is 1. The Morgan fingerprint density at radius 2 is 2.18 bits per heavy atom. The Kier molecular flexibility index (Phi) is 6.60. The van der Waals surface area contributed by atoms with E-state index in [9.17, 15) is 14.0 Å². The van der Waals surface area contributed by atoms with Crippen molar-refractivity contribution < 1.29 is 18.8 Å². The van der Waals surface area contributed by atoms with Crippen LogP contribution in [0.15, 0.2) is 41.8 Å². The largest absolute Gasteiger partial charge is 0.382 e. The van der Waals surface area contributed by atoms with Gasteiger partial charge < -0.3 is 20.5 Å². The summed E-state index contributed by atoms with van der Waals surface area (Å²) in [6.45, 7) is 6.19. The molecule has 1 aliphatic rings. The third-order valence-corrected chi connectivity index (χ3v) is 5.99. The first-order valence-electron chi connectivity index (χ1n) is 10.9. The number of benzene rings is 1. The van der Waals surface area contributed by atoms with Crippen molar-refractivity contribution in [2.45, 2.75) is 45.4 Å². The topological polar surface area (TPSA) is 113 Å². The van der Waals surface area contributed by atoms with Crippen LogP contribution in [0, 0.1) is 11.7 Å². The highest BCUT2D eigenvalue weighted by Crippen LogP contribution is 2.26. The molecule has 2 amide bonds. The van der Waals surface area contributed by atoms with Gasteiger partial charge in [0, 0.05) is 30.7 Å². The van der Waals surface area contributed by atoms with Crippen molar-refractivity contribution in [1.29, 1.82) is 0 Å². The highest BCUT2D eigenvalue weighted by Gasteiger charge is 2.35. The summed E-state index contributed by atoms with van der Waals surface area (Å²) >= 11 is 6.09. The number of amides is 2. The van der Waals surface area contributed by atoms with E-state index in [1.54, 1.807) is 29.2 Å². The van der Waals surface area contributed by atoms with Gasteiger partial charge in [-0.2, -0.15) is 5.10 Å². The van der Waals surface area contributed by atoms with E-state index >= 15 is 0 Å². The fourth-order valence-corrected chi connectivity index (χ4v) is 4.06. The monoisotopic (exact) mass is 488 g/mol. The fourth-order valence-electron chi connectivity index (χ4n) is 3.80. The minimum absolute atomic E-state index is 0.0967. The molecule has 0 saturated heterocycles. The van der Waals surface area contributed by atoms with Crippen molar-refractivity contribution in [2.24, 2.45) is 11.1 Å². The third kappa shape index (κ3) is 5.22. The lowest BCUT2D eigenvalue weighted by Gasteiger charge is -2.31. The Morgan fingerprint density at radius 3 is 2.85 bits per heavy atom. The molecule has 0 aliphatic carbocycles. The van der Waals surface area contributed by atoms with Crippen LogP contribution < -0.4 is 10.6 Å². The molecule has 2 unspecified atom stereocenters. The normalized spacial score (nSPS) is 17.4. The van der Waals surface area contributed by atoms with Gasteiger partial charge in [-0.1, -0.05) is 30.6 Å². The predicted molar refractivity (Wildman–Crippen MR) is 126 cm³/mol. The maximum absolute atomic E-state index is 13.6. The van der Waals surface area contributed by atoms with Crippen LogP contribution in [0.25, 0.3) is 10.9 Å². The van der Waals surface area contributed by atoms with Crippen LogP contribution in [-0.4, -0.2) is 50.5 Å². The molecular formula is C23H26ClFN6O3. The zero-order valence-corrected chi connectivity index (χ0v) is 19.8. The van der Waals surface area contributed by atoms with Crippen molar-refractivity contribution in [3.63, 3.8) is 0 Å². The van der Waals surface area contributed by atoms with Gasteiger partial charge in [-0.05, 0) is 37.1 Å². The number of hydrogen-bond acceptors (Lipinski definition) is 5. The average molecular weight is 489 g/mol. The summed E-state index contributed by atoms with van der Waals surface area (Å²) < 4.78 is 15.3. The number of rotatable bonds is 8. The molecule has 9 nitrogen and oxygen atoms in total. The molecule has 11 heteroatoms. The molecule has 2 atom stereocenters. The molecule has 1 aliphatic heterocycles. The van der Waals surface area contributed by atoms with Crippen molar-refractivity contribution in [1.82, 2.24) is 25.4 Å². The number of aromatic amines is 1. The van der Waals surface area contributed by atoms with Gasteiger partial charge in [0.25, 0.3) is 11.8 Å². The van der Waals surface area contributed by atoms with Gasteiger partial charge in [-0.25, -0.2) is 4.39 Å². The van der Waals surface area contributed by atoms with Crippen LogP contribution >= 0.6 is 11.6 Å². The molecule has 0 bridgehead atoms. The molecule has 34 heavy (non-hydrogen) atoms. The van der Waals surface area contributed by atoms with Crippen molar-refractivity contribution >= 4 is 40.0 Å². The zero-order valence-electron chi connectivity index (χ0n) is 19.1. The van der Waals surface area contributed by atoms with Crippen molar-refractivity contribution in [2.75, 3.05) is 6.54 Å². The Balaban J connectivity index is 1.47. The summed E-state index contributed by atoms with van der Waals surface area (Å²) in [6.07, 6.45) is 3.10. The lowest BCUT2D eigenvalue weighted by molar-refractivity contribution is -0.133. The Bertz CT molecular complexity index is 1240. The van der Waals surface area contributed by atoms with Gasteiger partial charge in [0.2, 0.25) is 6.10 Å². The first-order chi connectivity index (χ1) is 16.1. The molecule has 2 aromatic heterocycles. The number of aromatic nitrogens is 3. The van der Waals surface area contributed by atoms with Gasteiger partial charge in [0.15, 0.2) is 0 Å². The number of carbonyl (C=O) groups is 2. The van der Waals surface area contributed by atoms with Crippen molar-refractivity contribution in [3.05, 3.63) is 53.2 Å². The van der Waals surface area contributed by atoms with Gasteiger partial charge in [-0.15, -0.1) is 0 Å². The highest BCUT2D eigenvalue weighted by atomic mass is 35.5. The van der Waals surface area contributed by atoms with Crippen LogP contribution in [0.1, 0.15) is 37.7 Å². The highest BCUT2D eigenvalue weighted by molar-refractivity contribution is 6.35. The van der Waals surface area contributed by atoms with E-state index in [4.69, 9.17) is 16.4 Å². The summed E-state index contributed by atoms with van der Waals surface area (Å²) in [7, 11) is 0. The van der Waals surface area contributed by atoms with E-state index < -0.39 is 23.4 Å². The van der Waals surface area contributed by atoms with Crippen LogP contribution in [-0.2, 0) is 16.2 Å². The average Bonchev–Trinajstić information content (AvgIpc) is 3.52. The fraction of sp³-hybridized carbons (Fsp3) is 0.391. The van der Waals surface area contributed by atoms with Crippen LogP contribution in [0.3, 0.4) is 0 Å². The van der Waals surface area contributed by atoms with Crippen molar-refractivity contribution in [3.8, 4) is 0 Å². The number of oxime groups is 1. The maximum atomic E-state index is 13.6. The standard InChI is InChI=1S/C23H26ClFN6O3/c1-13(2)17-10-20(34-30-17)22(33)29-23(3,12-31-6-4-5-27-31)11-26-21(32)19-9-15-16(24)7-14(25)8-18(15)28-19/h4-9,13,20,28H,10-12H2,1-3H3,(H,26,32)(H,29,33). The molecule has 3 heterocycles. The summed E-state index contributed by atoms with van der Waals surface area (Å²) in [6, 6.07) is 5.80. The third-order valence-electron chi connectivity index (χ3n) is 5.68. The van der Waals surface area contributed by atoms with Crippen LogP contribution in [0.5, 0.6) is 0 Å². The number of hydrogen-bond donors (Lipinski definition) is 3. The van der Waals surface area contributed by atoms with E-state index in [-0.39, 0.29) is 29.1 Å². The molecule has 4 rings (SSSR count). The smallest absolute Gasteiger partial charge is 0.267 e. The van der Waals surface area contributed by atoms with E-state index in [2.05, 4.69) is 25.9 Å². The first-order valence-corrected chi connectivity index (χ1v) is 11.3. The number of halogens is 2. The molecule has 180 valence electrons. The second kappa shape index (κ2) is 9.46. The Morgan fingerprint density at radius 1 is 1.38 bits per heavy atom. The molecule has 0 fully saturated rings. The molecule has 0 radical (unpaired) electrons. The molecule has 1 aromatic carbocycles. The lowest BCUT2D eigenvalue weighted by atomic mass is 9.99. The SMILES string of the molecule is CC(C)C1=NOC(C(=O)NC(C)(CNC(=O)c2cc3c(Cl)cc(F)cc3[nH]2)Cn2cccn2)C1. The summed E-state index contributed by atoms with van der Waals surface area (Å²) in [4.78, 5) is 34.0. The van der Waals surface area contributed by atoms with E-state index in [1.165, 1.54) is 12.1 Å². The van der Waals surface area contributed by atoms with E-state index in [0.717, 1.165) is 5.71 Å². The van der Waals surface area contributed by atoms with Gasteiger partial charge >= 0.3 is 0 Å². The number of nitrogens with one attached hydrogen (secondary N) is 3. The van der Waals surface area contributed by atoms with E-state index in [0.29, 0.717) is 23.9 Å². The lowest BCUT2D eigenvalue weighted by Crippen LogP contribution is -2.58. The quantitative estimate of drug-likeness (QED) is 0.451. The van der Waals surface area contributed by atoms with Crippen LogP contribution in [0.4, 0.5) is 4.39 Å². The number of H-pyrrole nitrogens is 1. The summed E-state index contributed by atoms with van der Waals surface area (Å²) in [5.74, 6) is -1.06. The molecular weight excluding hydrogens is 463 g/mol.